The average molecular weight is 232 g/mol. The summed E-state index contributed by atoms with van der Waals surface area (Å²) >= 11 is 4.67. The van der Waals surface area contributed by atoms with Crippen molar-refractivity contribution in [3.05, 3.63) is 24.0 Å². The third-order valence-electron chi connectivity index (χ3n) is 1.71. The Bertz CT molecular complexity index is 512. The lowest BCUT2D eigenvalue weighted by molar-refractivity contribution is 0.587. The van der Waals surface area contributed by atoms with Crippen LogP contribution >= 0.6 is 12.2 Å². The van der Waals surface area contributed by atoms with Crippen LogP contribution in [0.3, 0.4) is 0 Å². The normalized spacial score (nSPS) is 17.9. The molecule has 0 radical (unpaired) electrons. The number of hydrogen-bond acceptors (Lipinski definition) is 3. The zero-order valence-corrected chi connectivity index (χ0v) is 8.38. The molecule has 0 saturated heterocycles. The fraction of sp³-hybridized carbons (Fsp3) is 0. The van der Waals surface area contributed by atoms with Gasteiger partial charge < -0.3 is 5.32 Å². The largest absolute Gasteiger partial charge is 0.331 e. The maximum absolute atomic E-state index is 12.8. The first-order chi connectivity index (χ1) is 6.49. The molecule has 74 valence electrons. The number of anilines is 1. The van der Waals surface area contributed by atoms with Crippen LogP contribution in [0.1, 0.15) is 0 Å². The lowest BCUT2D eigenvalue weighted by Crippen LogP contribution is -2.39. The van der Waals surface area contributed by atoms with Crippen molar-refractivity contribution in [3.63, 3.8) is 0 Å². The Balaban J connectivity index is 2.71. The Kier molecular flexibility index (Phi) is 1.93. The molecule has 2 N–H and O–H groups in total. The highest BCUT2D eigenvalue weighted by Crippen LogP contribution is 2.24. The molecular formula is C7H5FN2O2S2. The third-order valence-corrected chi connectivity index (χ3v) is 3.43. The third kappa shape index (κ3) is 1.44. The van der Waals surface area contributed by atoms with Gasteiger partial charge in [-0.05, 0) is 30.4 Å². The number of benzene rings is 1. The van der Waals surface area contributed by atoms with E-state index >= 15 is 0 Å². The van der Waals surface area contributed by atoms with Crippen LogP contribution in [0.25, 0.3) is 0 Å². The Morgan fingerprint density at radius 1 is 1.36 bits per heavy atom. The smallest absolute Gasteiger partial charge is 0.265 e. The Morgan fingerprint density at radius 3 is 2.79 bits per heavy atom. The van der Waals surface area contributed by atoms with E-state index in [1.165, 1.54) is 6.07 Å². The molecule has 1 aliphatic heterocycles. The monoisotopic (exact) mass is 232 g/mol. The SMILES string of the molecule is O=S1(=O)NC(=S)Nc2ccc(F)cc21. The lowest BCUT2D eigenvalue weighted by atomic mass is 10.3. The summed E-state index contributed by atoms with van der Waals surface area (Å²) in [4.78, 5) is -0.133. The highest BCUT2D eigenvalue weighted by molar-refractivity contribution is 7.92. The van der Waals surface area contributed by atoms with Gasteiger partial charge in [-0.1, -0.05) is 0 Å². The maximum Gasteiger partial charge on any atom is 0.265 e. The molecule has 0 amide bonds. The standard InChI is InChI=1S/C7H5FN2O2S2/c8-4-1-2-5-6(3-4)14(11,12)10-7(13)9-5/h1-3H,(H2,9,10,13). The van der Waals surface area contributed by atoms with Crippen LogP contribution in [0.4, 0.5) is 10.1 Å². The first-order valence-electron chi connectivity index (χ1n) is 3.62. The molecule has 14 heavy (non-hydrogen) atoms. The van der Waals surface area contributed by atoms with Crippen molar-refractivity contribution >= 4 is 33.0 Å². The van der Waals surface area contributed by atoms with Gasteiger partial charge in [-0.2, -0.15) is 0 Å². The van der Waals surface area contributed by atoms with E-state index in [0.717, 1.165) is 12.1 Å². The molecule has 1 heterocycles. The minimum Gasteiger partial charge on any atom is -0.331 e. The summed E-state index contributed by atoms with van der Waals surface area (Å²) in [5.74, 6) is -0.608. The fourth-order valence-corrected chi connectivity index (χ4v) is 2.67. The van der Waals surface area contributed by atoms with E-state index in [-0.39, 0.29) is 15.7 Å². The van der Waals surface area contributed by atoms with Crippen molar-refractivity contribution in [1.29, 1.82) is 0 Å². The van der Waals surface area contributed by atoms with Crippen LogP contribution in [0.5, 0.6) is 0 Å². The molecule has 4 nitrogen and oxygen atoms in total. The van der Waals surface area contributed by atoms with Crippen LogP contribution in [-0.4, -0.2) is 13.5 Å². The minimum atomic E-state index is -3.71. The summed E-state index contributed by atoms with van der Waals surface area (Å²) < 4.78 is 37.7. The number of halogens is 1. The van der Waals surface area contributed by atoms with Gasteiger partial charge in [0.25, 0.3) is 10.0 Å². The predicted molar refractivity (Wildman–Crippen MR) is 52.9 cm³/mol. The highest BCUT2D eigenvalue weighted by Gasteiger charge is 2.25. The number of rotatable bonds is 0. The van der Waals surface area contributed by atoms with E-state index in [9.17, 15) is 12.8 Å². The van der Waals surface area contributed by atoms with Crippen LogP contribution in [0.2, 0.25) is 0 Å². The fourth-order valence-electron chi connectivity index (χ4n) is 1.15. The molecule has 1 aliphatic rings. The van der Waals surface area contributed by atoms with Crippen molar-refractivity contribution in [2.45, 2.75) is 4.90 Å². The average Bonchev–Trinajstić information content (AvgIpc) is 2.05. The molecule has 1 aromatic rings. The second-order valence-corrected chi connectivity index (χ2v) is 4.76. The second-order valence-electron chi connectivity index (χ2n) is 2.70. The van der Waals surface area contributed by atoms with Gasteiger partial charge in [-0.3, -0.25) is 4.72 Å². The molecule has 0 atom stereocenters. The van der Waals surface area contributed by atoms with Crippen LogP contribution in [0.15, 0.2) is 23.1 Å². The van der Waals surface area contributed by atoms with Crippen molar-refractivity contribution in [1.82, 2.24) is 4.72 Å². The van der Waals surface area contributed by atoms with E-state index in [1.54, 1.807) is 0 Å². The Hall–Kier alpha value is -1.21. The molecule has 0 saturated carbocycles. The molecule has 0 spiro atoms. The summed E-state index contributed by atoms with van der Waals surface area (Å²) in [6, 6.07) is 3.43. The van der Waals surface area contributed by atoms with E-state index in [2.05, 4.69) is 22.3 Å². The van der Waals surface area contributed by atoms with Gasteiger partial charge in [0.15, 0.2) is 5.11 Å². The van der Waals surface area contributed by atoms with Crippen molar-refractivity contribution < 1.29 is 12.8 Å². The molecule has 0 aromatic heterocycles. The first-order valence-corrected chi connectivity index (χ1v) is 5.51. The molecule has 2 rings (SSSR count). The van der Waals surface area contributed by atoms with Gasteiger partial charge in [0.2, 0.25) is 0 Å². The second kappa shape index (κ2) is 2.89. The maximum atomic E-state index is 12.8. The molecule has 0 unspecified atom stereocenters. The molecule has 0 aliphatic carbocycles. The summed E-state index contributed by atoms with van der Waals surface area (Å²) in [6.07, 6.45) is 0. The van der Waals surface area contributed by atoms with E-state index < -0.39 is 15.8 Å². The van der Waals surface area contributed by atoms with E-state index in [0.29, 0.717) is 0 Å². The van der Waals surface area contributed by atoms with E-state index in [4.69, 9.17) is 0 Å². The number of hydrogen-bond donors (Lipinski definition) is 2. The van der Waals surface area contributed by atoms with Crippen molar-refractivity contribution in [2.75, 3.05) is 5.32 Å². The number of thiocarbonyl (C=S) groups is 1. The number of fused-ring (bicyclic) bond motifs is 1. The molecule has 7 heteroatoms. The predicted octanol–water partition coefficient (Wildman–Crippen LogP) is 0.814. The van der Waals surface area contributed by atoms with Gasteiger partial charge in [0, 0.05) is 0 Å². The van der Waals surface area contributed by atoms with Crippen LogP contribution < -0.4 is 10.0 Å². The summed E-state index contributed by atoms with van der Waals surface area (Å²) in [6.45, 7) is 0. The first kappa shape index (κ1) is 9.35. The van der Waals surface area contributed by atoms with Crippen LogP contribution in [-0.2, 0) is 10.0 Å². The minimum absolute atomic E-state index is 0.0101. The topological polar surface area (TPSA) is 58.2 Å². The van der Waals surface area contributed by atoms with Gasteiger partial charge in [0.05, 0.1) is 5.69 Å². The lowest BCUT2D eigenvalue weighted by Gasteiger charge is -2.19. The highest BCUT2D eigenvalue weighted by atomic mass is 32.2. The van der Waals surface area contributed by atoms with Crippen LogP contribution in [0, 0.1) is 5.82 Å². The number of sulfonamides is 1. The zero-order valence-electron chi connectivity index (χ0n) is 6.74. The number of nitrogens with one attached hydrogen (secondary N) is 2. The van der Waals surface area contributed by atoms with Gasteiger partial charge in [0.1, 0.15) is 10.7 Å². The Morgan fingerprint density at radius 2 is 2.07 bits per heavy atom. The van der Waals surface area contributed by atoms with Gasteiger partial charge in [-0.25, -0.2) is 12.8 Å². The Labute approximate surface area is 85.2 Å². The van der Waals surface area contributed by atoms with Crippen molar-refractivity contribution in [3.8, 4) is 0 Å². The molecular weight excluding hydrogens is 227 g/mol. The summed E-state index contributed by atoms with van der Waals surface area (Å²) in [5.41, 5.74) is 0.287. The molecule has 0 bridgehead atoms. The molecule has 0 fully saturated rings. The summed E-state index contributed by atoms with van der Waals surface area (Å²) in [7, 11) is -3.71. The zero-order chi connectivity index (χ0) is 10.3. The summed E-state index contributed by atoms with van der Waals surface area (Å²) in [5, 5.41) is 2.61. The quantitative estimate of drug-likeness (QED) is 0.650. The van der Waals surface area contributed by atoms with Gasteiger partial charge >= 0.3 is 0 Å². The van der Waals surface area contributed by atoms with Gasteiger partial charge in [-0.15, -0.1) is 0 Å². The molecule has 1 aromatic carbocycles. The van der Waals surface area contributed by atoms with E-state index in [1.807, 2.05) is 0 Å². The van der Waals surface area contributed by atoms with Crippen molar-refractivity contribution in [2.24, 2.45) is 0 Å².